The van der Waals surface area contributed by atoms with E-state index in [1.807, 2.05) is 43.0 Å². The van der Waals surface area contributed by atoms with Crippen LogP contribution in [-0.2, 0) is 4.79 Å². The Morgan fingerprint density at radius 3 is 2.41 bits per heavy atom. The Morgan fingerprint density at radius 1 is 1.04 bits per heavy atom. The number of ether oxygens (including phenoxy) is 1. The lowest BCUT2D eigenvalue weighted by Gasteiger charge is -2.38. The normalized spacial score (nSPS) is 15.6. The number of hydrogen-bond acceptors (Lipinski definition) is 3. The molecule has 0 bridgehead atoms. The fraction of sp³-hybridized carbons (Fsp3) is 0.435. The minimum atomic E-state index is -0.418. The molecule has 0 N–H and O–H groups in total. The van der Waals surface area contributed by atoms with Crippen molar-refractivity contribution in [3.8, 4) is 5.75 Å². The number of piperazine rings is 1. The Hall–Kier alpha value is -2.49. The summed E-state index contributed by atoms with van der Waals surface area (Å²) >= 11 is 0. The van der Waals surface area contributed by atoms with Crippen LogP contribution in [0.2, 0.25) is 0 Å². The summed E-state index contributed by atoms with van der Waals surface area (Å²) in [6.07, 6.45) is 0.253. The monoisotopic (exact) mass is 366 g/mol. The maximum absolute atomic E-state index is 13.0. The molecule has 1 amide bonds. The molecular formula is C23H30N2O2. The number of carbonyl (C=O) groups excluding carboxylic acids is 1. The molecule has 1 saturated heterocycles. The van der Waals surface area contributed by atoms with Crippen molar-refractivity contribution >= 4 is 11.6 Å². The third kappa shape index (κ3) is 4.44. The van der Waals surface area contributed by atoms with Crippen LogP contribution in [-0.4, -0.2) is 43.1 Å². The summed E-state index contributed by atoms with van der Waals surface area (Å²) in [5, 5.41) is 0. The second kappa shape index (κ2) is 8.47. The summed E-state index contributed by atoms with van der Waals surface area (Å²) in [7, 11) is 0. The molecular weight excluding hydrogens is 336 g/mol. The van der Waals surface area contributed by atoms with E-state index in [-0.39, 0.29) is 5.91 Å². The van der Waals surface area contributed by atoms with Crippen LogP contribution < -0.4 is 9.64 Å². The largest absolute Gasteiger partial charge is 0.481 e. The molecule has 27 heavy (non-hydrogen) atoms. The van der Waals surface area contributed by atoms with Crippen molar-refractivity contribution in [2.45, 2.75) is 40.2 Å². The Kier molecular flexibility index (Phi) is 6.04. The van der Waals surface area contributed by atoms with Crippen LogP contribution in [0.15, 0.2) is 42.5 Å². The molecule has 3 rings (SSSR count). The van der Waals surface area contributed by atoms with Crippen LogP contribution in [0.3, 0.4) is 0 Å². The van der Waals surface area contributed by atoms with Gasteiger partial charge in [0.15, 0.2) is 6.10 Å². The standard InChI is InChI=1S/C23H30N2O2/c1-5-22(27-20-10-6-8-17(2)16-20)23(26)25-14-12-24(13-15-25)21-11-7-9-18(3)19(21)4/h6-11,16,22H,5,12-15H2,1-4H3. The van der Waals surface area contributed by atoms with Gasteiger partial charge in [0, 0.05) is 31.9 Å². The number of rotatable bonds is 5. The molecule has 2 aromatic carbocycles. The molecule has 4 nitrogen and oxygen atoms in total. The molecule has 0 radical (unpaired) electrons. The van der Waals surface area contributed by atoms with Gasteiger partial charge in [-0.2, -0.15) is 0 Å². The zero-order valence-corrected chi connectivity index (χ0v) is 16.9. The predicted molar refractivity (Wildman–Crippen MR) is 111 cm³/mol. The molecule has 1 atom stereocenters. The molecule has 0 aromatic heterocycles. The van der Waals surface area contributed by atoms with E-state index in [4.69, 9.17) is 4.74 Å². The Bertz CT molecular complexity index is 795. The molecule has 144 valence electrons. The lowest BCUT2D eigenvalue weighted by atomic mass is 10.1. The van der Waals surface area contributed by atoms with Gasteiger partial charge >= 0.3 is 0 Å². The van der Waals surface area contributed by atoms with Crippen molar-refractivity contribution in [2.75, 3.05) is 31.1 Å². The van der Waals surface area contributed by atoms with E-state index in [2.05, 4.69) is 36.9 Å². The molecule has 1 aliphatic rings. The Morgan fingerprint density at radius 2 is 1.74 bits per heavy atom. The first kappa shape index (κ1) is 19.3. The summed E-state index contributed by atoms with van der Waals surface area (Å²) in [6.45, 7) is 11.5. The SMILES string of the molecule is CCC(Oc1cccc(C)c1)C(=O)N1CCN(c2cccc(C)c2C)CC1. The van der Waals surface area contributed by atoms with Crippen LogP contribution in [0.1, 0.15) is 30.0 Å². The van der Waals surface area contributed by atoms with Crippen LogP contribution in [0.5, 0.6) is 5.75 Å². The lowest BCUT2D eigenvalue weighted by molar-refractivity contribution is -0.139. The zero-order chi connectivity index (χ0) is 19.4. The van der Waals surface area contributed by atoms with Gasteiger partial charge in [0.25, 0.3) is 5.91 Å². The van der Waals surface area contributed by atoms with E-state index in [9.17, 15) is 4.79 Å². The molecule has 1 aliphatic heterocycles. The fourth-order valence-electron chi connectivity index (χ4n) is 3.61. The van der Waals surface area contributed by atoms with Crippen LogP contribution >= 0.6 is 0 Å². The van der Waals surface area contributed by atoms with Gasteiger partial charge in [-0.25, -0.2) is 0 Å². The average Bonchev–Trinajstić information content (AvgIpc) is 2.68. The van der Waals surface area contributed by atoms with Crippen molar-refractivity contribution < 1.29 is 9.53 Å². The highest BCUT2D eigenvalue weighted by molar-refractivity contribution is 5.81. The Balaban J connectivity index is 1.62. The fourth-order valence-corrected chi connectivity index (χ4v) is 3.61. The second-order valence-electron chi connectivity index (χ2n) is 7.36. The first-order chi connectivity index (χ1) is 13.0. The summed E-state index contributed by atoms with van der Waals surface area (Å²) in [4.78, 5) is 17.3. The summed E-state index contributed by atoms with van der Waals surface area (Å²) in [5.74, 6) is 0.865. The molecule has 2 aromatic rings. The van der Waals surface area contributed by atoms with Gasteiger partial charge < -0.3 is 14.5 Å². The number of anilines is 1. The first-order valence-electron chi connectivity index (χ1n) is 9.83. The number of carbonyl (C=O) groups is 1. The predicted octanol–water partition coefficient (Wildman–Crippen LogP) is 4.12. The average molecular weight is 367 g/mol. The molecule has 0 aliphatic carbocycles. The highest BCUT2D eigenvalue weighted by atomic mass is 16.5. The molecule has 1 fully saturated rings. The maximum atomic E-state index is 13.0. The maximum Gasteiger partial charge on any atom is 0.263 e. The summed E-state index contributed by atoms with van der Waals surface area (Å²) in [5.41, 5.74) is 5.05. The van der Waals surface area contributed by atoms with Gasteiger partial charge in [-0.1, -0.05) is 31.2 Å². The molecule has 0 spiro atoms. The third-order valence-corrected chi connectivity index (χ3v) is 5.42. The van der Waals surface area contributed by atoms with Gasteiger partial charge in [0.2, 0.25) is 0 Å². The number of benzene rings is 2. The molecule has 0 saturated carbocycles. The summed E-state index contributed by atoms with van der Waals surface area (Å²) < 4.78 is 6.00. The first-order valence-corrected chi connectivity index (χ1v) is 9.83. The van der Waals surface area contributed by atoms with E-state index in [1.165, 1.54) is 16.8 Å². The molecule has 1 unspecified atom stereocenters. The van der Waals surface area contributed by atoms with E-state index in [0.717, 1.165) is 37.5 Å². The number of amides is 1. The highest BCUT2D eigenvalue weighted by Crippen LogP contribution is 2.24. The minimum absolute atomic E-state index is 0.0969. The van der Waals surface area contributed by atoms with Gasteiger partial charge in [0.05, 0.1) is 0 Å². The second-order valence-corrected chi connectivity index (χ2v) is 7.36. The van der Waals surface area contributed by atoms with Gasteiger partial charge in [-0.05, 0) is 62.1 Å². The molecule has 4 heteroatoms. The van der Waals surface area contributed by atoms with Crippen LogP contribution in [0.25, 0.3) is 0 Å². The van der Waals surface area contributed by atoms with E-state index < -0.39 is 6.10 Å². The van der Waals surface area contributed by atoms with Crippen molar-refractivity contribution in [3.05, 3.63) is 59.2 Å². The van der Waals surface area contributed by atoms with Crippen LogP contribution in [0.4, 0.5) is 5.69 Å². The van der Waals surface area contributed by atoms with Gasteiger partial charge in [-0.3, -0.25) is 4.79 Å². The zero-order valence-electron chi connectivity index (χ0n) is 16.9. The minimum Gasteiger partial charge on any atom is -0.481 e. The smallest absolute Gasteiger partial charge is 0.263 e. The van der Waals surface area contributed by atoms with Crippen molar-refractivity contribution in [3.63, 3.8) is 0 Å². The topological polar surface area (TPSA) is 32.8 Å². The van der Waals surface area contributed by atoms with Crippen molar-refractivity contribution in [1.29, 1.82) is 0 Å². The van der Waals surface area contributed by atoms with Gasteiger partial charge in [0.1, 0.15) is 5.75 Å². The third-order valence-electron chi connectivity index (χ3n) is 5.42. The van der Waals surface area contributed by atoms with Crippen molar-refractivity contribution in [1.82, 2.24) is 4.90 Å². The van der Waals surface area contributed by atoms with E-state index in [1.54, 1.807) is 0 Å². The highest BCUT2D eigenvalue weighted by Gasteiger charge is 2.28. The van der Waals surface area contributed by atoms with E-state index in [0.29, 0.717) is 6.42 Å². The lowest BCUT2D eigenvalue weighted by Crippen LogP contribution is -2.52. The molecule has 1 heterocycles. The Labute approximate surface area is 162 Å². The van der Waals surface area contributed by atoms with E-state index >= 15 is 0 Å². The number of nitrogens with zero attached hydrogens (tertiary/aromatic N) is 2. The van der Waals surface area contributed by atoms with Gasteiger partial charge in [-0.15, -0.1) is 0 Å². The number of hydrogen-bond donors (Lipinski definition) is 0. The van der Waals surface area contributed by atoms with Crippen LogP contribution in [0, 0.1) is 20.8 Å². The number of aryl methyl sites for hydroxylation is 2. The van der Waals surface area contributed by atoms with Crippen molar-refractivity contribution in [2.24, 2.45) is 0 Å². The quantitative estimate of drug-likeness (QED) is 0.798. The summed E-state index contributed by atoms with van der Waals surface area (Å²) in [6, 6.07) is 14.3.